The SMILES string of the molecule is CCc1nc([C@@H]2CCCN(C(=O)Cn3ccc4ccccc43)C2)no1. The molecular weight excluding hydrogens is 316 g/mol. The van der Waals surface area contributed by atoms with E-state index in [4.69, 9.17) is 4.52 Å². The Morgan fingerprint density at radius 3 is 3.04 bits per heavy atom. The second kappa shape index (κ2) is 6.70. The van der Waals surface area contributed by atoms with Crippen LogP contribution in [0, 0.1) is 0 Å². The summed E-state index contributed by atoms with van der Waals surface area (Å²) in [5.74, 6) is 1.71. The molecule has 1 saturated heterocycles. The van der Waals surface area contributed by atoms with Gasteiger partial charge in [0.25, 0.3) is 0 Å². The quantitative estimate of drug-likeness (QED) is 0.733. The molecule has 1 amide bonds. The lowest BCUT2D eigenvalue weighted by Crippen LogP contribution is -2.41. The Morgan fingerprint density at radius 1 is 1.32 bits per heavy atom. The molecule has 6 heteroatoms. The summed E-state index contributed by atoms with van der Waals surface area (Å²) < 4.78 is 7.25. The molecule has 0 N–H and O–H groups in total. The van der Waals surface area contributed by atoms with Crippen molar-refractivity contribution in [1.82, 2.24) is 19.6 Å². The van der Waals surface area contributed by atoms with Gasteiger partial charge in [-0.15, -0.1) is 0 Å². The molecule has 0 saturated carbocycles. The number of amides is 1. The van der Waals surface area contributed by atoms with E-state index in [9.17, 15) is 4.79 Å². The Hall–Kier alpha value is -2.63. The second-order valence-corrected chi connectivity index (χ2v) is 6.58. The summed E-state index contributed by atoms with van der Waals surface area (Å²) in [7, 11) is 0. The molecule has 1 atom stereocenters. The number of para-hydroxylation sites is 1. The van der Waals surface area contributed by atoms with Crippen molar-refractivity contribution in [2.45, 2.75) is 38.6 Å². The third-order valence-corrected chi connectivity index (χ3v) is 4.91. The second-order valence-electron chi connectivity index (χ2n) is 6.58. The zero-order valence-corrected chi connectivity index (χ0v) is 14.4. The zero-order chi connectivity index (χ0) is 17.2. The van der Waals surface area contributed by atoms with Gasteiger partial charge in [-0.05, 0) is 30.4 Å². The van der Waals surface area contributed by atoms with E-state index in [2.05, 4.69) is 16.2 Å². The van der Waals surface area contributed by atoms with Crippen LogP contribution in [0.2, 0.25) is 0 Å². The Bertz CT molecular complexity index is 882. The molecule has 1 fully saturated rings. The summed E-state index contributed by atoms with van der Waals surface area (Å²) in [5, 5.41) is 5.25. The standard InChI is InChI=1S/C19H22N4O2/c1-2-17-20-19(21-25-17)15-7-5-10-23(12-15)18(24)13-22-11-9-14-6-3-4-8-16(14)22/h3-4,6,8-9,11,15H,2,5,7,10,12-13H2,1H3/t15-/m1/s1. The average molecular weight is 338 g/mol. The van der Waals surface area contributed by atoms with Crippen LogP contribution in [-0.2, 0) is 17.8 Å². The largest absolute Gasteiger partial charge is 0.340 e. The predicted octanol–water partition coefficient (Wildman–Crippen LogP) is 2.99. The smallest absolute Gasteiger partial charge is 0.242 e. The van der Waals surface area contributed by atoms with Crippen LogP contribution in [0.5, 0.6) is 0 Å². The molecule has 3 aromatic rings. The lowest BCUT2D eigenvalue weighted by Gasteiger charge is -2.31. The molecule has 0 unspecified atom stereocenters. The van der Waals surface area contributed by atoms with Gasteiger partial charge in [0.1, 0.15) is 6.54 Å². The topological polar surface area (TPSA) is 64.2 Å². The van der Waals surface area contributed by atoms with Crippen LogP contribution in [0.1, 0.15) is 37.4 Å². The summed E-state index contributed by atoms with van der Waals surface area (Å²) in [6.45, 7) is 3.83. The number of benzene rings is 1. The number of carbonyl (C=O) groups is 1. The first kappa shape index (κ1) is 15.9. The Morgan fingerprint density at radius 2 is 2.20 bits per heavy atom. The van der Waals surface area contributed by atoms with E-state index in [1.165, 1.54) is 0 Å². The van der Waals surface area contributed by atoms with Crippen LogP contribution >= 0.6 is 0 Å². The molecule has 4 rings (SSSR count). The first-order valence-electron chi connectivity index (χ1n) is 8.88. The molecule has 0 aliphatic carbocycles. The maximum Gasteiger partial charge on any atom is 0.242 e. The summed E-state index contributed by atoms with van der Waals surface area (Å²) in [6, 6.07) is 10.2. The van der Waals surface area contributed by atoms with Gasteiger partial charge in [-0.3, -0.25) is 4.79 Å². The van der Waals surface area contributed by atoms with E-state index in [1.807, 2.05) is 46.9 Å². The van der Waals surface area contributed by atoms with Crippen molar-refractivity contribution in [3.8, 4) is 0 Å². The molecule has 6 nitrogen and oxygen atoms in total. The normalized spacial score (nSPS) is 18.0. The van der Waals surface area contributed by atoms with Gasteiger partial charge in [0, 0.05) is 37.1 Å². The van der Waals surface area contributed by atoms with E-state index in [1.54, 1.807) is 0 Å². The number of nitrogens with zero attached hydrogens (tertiary/aromatic N) is 4. The van der Waals surface area contributed by atoms with Crippen molar-refractivity contribution in [2.24, 2.45) is 0 Å². The third kappa shape index (κ3) is 3.16. The number of likely N-dealkylation sites (tertiary alicyclic amines) is 1. The van der Waals surface area contributed by atoms with Crippen molar-refractivity contribution in [3.63, 3.8) is 0 Å². The summed E-state index contributed by atoms with van der Waals surface area (Å²) in [5.41, 5.74) is 1.09. The van der Waals surface area contributed by atoms with E-state index < -0.39 is 0 Å². The highest BCUT2D eigenvalue weighted by atomic mass is 16.5. The van der Waals surface area contributed by atoms with Crippen molar-refractivity contribution in [2.75, 3.05) is 13.1 Å². The molecule has 0 radical (unpaired) electrons. The van der Waals surface area contributed by atoms with Gasteiger partial charge in [0.15, 0.2) is 5.82 Å². The fourth-order valence-corrected chi connectivity index (χ4v) is 3.52. The number of rotatable bonds is 4. The number of hydrogen-bond donors (Lipinski definition) is 0. The highest BCUT2D eigenvalue weighted by molar-refractivity contribution is 5.83. The summed E-state index contributed by atoms with van der Waals surface area (Å²) >= 11 is 0. The van der Waals surface area contributed by atoms with Crippen molar-refractivity contribution >= 4 is 16.8 Å². The van der Waals surface area contributed by atoms with Crippen LogP contribution in [0.25, 0.3) is 10.9 Å². The van der Waals surface area contributed by atoms with E-state index >= 15 is 0 Å². The Labute approximate surface area is 146 Å². The van der Waals surface area contributed by atoms with Crippen molar-refractivity contribution in [1.29, 1.82) is 0 Å². The molecule has 3 heterocycles. The highest BCUT2D eigenvalue weighted by Crippen LogP contribution is 2.25. The van der Waals surface area contributed by atoms with Crippen LogP contribution in [0.4, 0.5) is 0 Å². The molecule has 1 aliphatic heterocycles. The van der Waals surface area contributed by atoms with Crippen molar-refractivity contribution in [3.05, 3.63) is 48.2 Å². The first-order valence-corrected chi connectivity index (χ1v) is 8.88. The molecule has 0 bridgehead atoms. The van der Waals surface area contributed by atoms with Gasteiger partial charge in [0.05, 0.1) is 0 Å². The highest BCUT2D eigenvalue weighted by Gasteiger charge is 2.28. The fraction of sp³-hybridized carbons (Fsp3) is 0.421. The Balaban J connectivity index is 1.46. The van der Waals surface area contributed by atoms with Crippen LogP contribution in [0.3, 0.4) is 0 Å². The number of fused-ring (bicyclic) bond motifs is 1. The lowest BCUT2D eigenvalue weighted by atomic mass is 9.97. The minimum Gasteiger partial charge on any atom is -0.340 e. The number of piperidine rings is 1. The molecule has 1 aromatic carbocycles. The van der Waals surface area contributed by atoms with Gasteiger partial charge in [0.2, 0.25) is 11.8 Å². The van der Waals surface area contributed by atoms with Crippen LogP contribution in [0.15, 0.2) is 41.1 Å². The predicted molar refractivity (Wildman–Crippen MR) is 94.2 cm³/mol. The van der Waals surface area contributed by atoms with Gasteiger partial charge < -0.3 is 14.0 Å². The molecule has 0 spiro atoms. The van der Waals surface area contributed by atoms with Gasteiger partial charge >= 0.3 is 0 Å². The van der Waals surface area contributed by atoms with Gasteiger partial charge in [-0.25, -0.2) is 0 Å². The van der Waals surface area contributed by atoms with Crippen LogP contribution < -0.4 is 0 Å². The van der Waals surface area contributed by atoms with Gasteiger partial charge in [-0.2, -0.15) is 4.98 Å². The third-order valence-electron chi connectivity index (χ3n) is 4.91. The molecule has 25 heavy (non-hydrogen) atoms. The minimum atomic E-state index is 0.144. The average Bonchev–Trinajstić information content (AvgIpc) is 3.29. The van der Waals surface area contributed by atoms with Gasteiger partial charge in [-0.1, -0.05) is 30.3 Å². The monoisotopic (exact) mass is 338 g/mol. The molecular formula is C19H22N4O2. The number of aromatic nitrogens is 3. The van der Waals surface area contributed by atoms with E-state index in [0.29, 0.717) is 19.0 Å². The maximum atomic E-state index is 12.8. The summed E-state index contributed by atoms with van der Waals surface area (Å²) in [4.78, 5) is 19.2. The maximum absolute atomic E-state index is 12.8. The lowest BCUT2D eigenvalue weighted by molar-refractivity contribution is -0.133. The van der Waals surface area contributed by atoms with Crippen LogP contribution in [-0.4, -0.2) is 38.6 Å². The fourth-order valence-electron chi connectivity index (χ4n) is 3.52. The summed E-state index contributed by atoms with van der Waals surface area (Å²) in [6.07, 6.45) is 4.69. The van der Waals surface area contributed by atoms with E-state index in [-0.39, 0.29) is 11.8 Å². The number of aryl methyl sites for hydroxylation is 1. The minimum absolute atomic E-state index is 0.144. The first-order chi connectivity index (χ1) is 12.2. The molecule has 1 aliphatic rings. The number of carbonyl (C=O) groups excluding carboxylic acids is 1. The van der Waals surface area contributed by atoms with E-state index in [0.717, 1.165) is 42.5 Å². The van der Waals surface area contributed by atoms with Crippen molar-refractivity contribution < 1.29 is 9.32 Å². The number of hydrogen-bond acceptors (Lipinski definition) is 4. The molecule has 2 aromatic heterocycles. The molecule has 130 valence electrons. The Kier molecular flexibility index (Phi) is 4.26. The zero-order valence-electron chi connectivity index (χ0n) is 14.4.